The van der Waals surface area contributed by atoms with Crippen molar-refractivity contribution in [1.29, 1.82) is 0 Å². The molecule has 2 atom stereocenters. The van der Waals surface area contributed by atoms with E-state index in [-0.39, 0.29) is 22.7 Å². The van der Waals surface area contributed by atoms with Crippen LogP contribution in [0.4, 0.5) is 20.2 Å². The first-order chi connectivity index (χ1) is 11.8. The molecule has 0 aliphatic carbocycles. The highest BCUT2D eigenvalue weighted by Gasteiger charge is 2.37. The van der Waals surface area contributed by atoms with Crippen LogP contribution in [0.2, 0.25) is 0 Å². The number of likely N-dealkylation sites (N-methyl/N-ethyl adjacent to an activating group) is 1. The summed E-state index contributed by atoms with van der Waals surface area (Å²) in [4.78, 5) is 17.2. The van der Waals surface area contributed by atoms with Gasteiger partial charge in [0.1, 0.15) is 11.5 Å². The van der Waals surface area contributed by atoms with E-state index in [0.29, 0.717) is 29.3 Å². The van der Waals surface area contributed by atoms with Gasteiger partial charge in [-0.05, 0) is 27.0 Å². The normalized spacial score (nSPS) is 23.4. The third kappa shape index (κ3) is 2.18. The van der Waals surface area contributed by atoms with Crippen LogP contribution in [0.5, 0.6) is 0 Å². The molecule has 1 saturated heterocycles. The van der Waals surface area contributed by atoms with Crippen molar-refractivity contribution in [1.82, 2.24) is 9.47 Å². The second kappa shape index (κ2) is 5.42. The van der Waals surface area contributed by atoms with Gasteiger partial charge in [0.05, 0.1) is 17.2 Å². The van der Waals surface area contributed by atoms with E-state index in [1.54, 1.807) is 0 Å². The van der Waals surface area contributed by atoms with Crippen molar-refractivity contribution in [2.75, 3.05) is 36.9 Å². The van der Waals surface area contributed by atoms with E-state index >= 15 is 0 Å². The number of rotatable bonds is 0. The van der Waals surface area contributed by atoms with Crippen LogP contribution >= 0.6 is 0 Å². The van der Waals surface area contributed by atoms with Gasteiger partial charge in [0.25, 0.3) is 5.56 Å². The quantitative estimate of drug-likeness (QED) is 0.791. The zero-order valence-corrected chi connectivity index (χ0v) is 14.9. The summed E-state index contributed by atoms with van der Waals surface area (Å²) in [5, 5.41) is 3.66. The zero-order valence-electron chi connectivity index (χ0n) is 14.9. The summed E-state index contributed by atoms with van der Waals surface area (Å²) in [5.41, 5.74) is 0.890. The van der Waals surface area contributed by atoms with E-state index in [9.17, 15) is 13.6 Å². The highest BCUT2D eigenvalue weighted by atomic mass is 19.1. The van der Waals surface area contributed by atoms with Crippen LogP contribution in [0.25, 0.3) is 10.9 Å². The molecule has 1 N–H and O–H groups in total. The second-order valence-electron chi connectivity index (χ2n) is 7.26. The van der Waals surface area contributed by atoms with Crippen LogP contribution in [0.1, 0.15) is 12.5 Å². The number of nitrogens with zero attached hydrogens (tertiary/aromatic N) is 3. The number of aromatic nitrogens is 1. The van der Waals surface area contributed by atoms with Gasteiger partial charge in [0, 0.05) is 43.7 Å². The molecule has 3 heterocycles. The van der Waals surface area contributed by atoms with Crippen molar-refractivity contribution in [2.24, 2.45) is 7.05 Å². The van der Waals surface area contributed by atoms with Crippen molar-refractivity contribution in [3.8, 4) is 0 Å². The SMILES string of the molecule is Cc1c(F)cc2c3c(c(=O)n(C)c2c1F)NCC1CN(C)C(C)CN31. The van der Waals surface area contributed by atoms with E-state index in [1.165, 1.54) is 24.6 Å². The Balaban J connectivity index is 2.06. The molecule has 0 amide bonds. The lowest BCUT2D eigenvalue weighted by atomic mass is 9.99. The average Bonchev–Trinajstić information content (AvgIpc) is 2.57. The molecule has 1 fully saturated rings. The molecule has 2 aromatic rings. The zero-order chi connectivity index (χ0) is 18.0. The number of piperazine rings is 1. The van der Waals surface area contributed by atoms with Crippen LogP contribution in [0, 0.1) is 18.6 Å². The molecule has 0 bridgehead atoms. The van der Waals surface area contributed by atoms with E-state index in [1.807, 2.05) is 0 Å². The van der Waals surface area contributed by atoms with Gasteiger partial charge in [-0.3, -0.25) is 9.69 Å². The molecule has 1 aromatic heterocycles. The Morgan fingerprint density at radius 2 is 1.96 bits per heavy atom. The van der Waals surface area contributed by atoms with Crippen molar-refractivity contribution in [3.63, 3.8) is 0 Å². The number of aryl methyl sites for hydroxylation is 1. The van der Waals surface area contributed by atoms with Crippen LogP contribution in [-0.2, 0) is 7.05 Å². The van der Waals surface area contributed by atoms with Crippen molar-refractivity contribution in [3.05, 3.63) is 33.6 Å². The predicted molar refractivity (Wildman–Crippen MR) is 95.6 cm³/mol. The first kappa shape index (κ1) is 16.3. The van der Waals surface area contributed by atoms with Crippen LogP contribution in [0.15, 0.2) is 10.9 Å². The van der Waals surface area contributed by atoms with Gasteiger partial charge in [-0.1, -0.05) is 0 Å². The maximum atomic E-state index is 14.8. The van der Waals surface area contributed by atoms with Gasteiger partial charge in [-0.15, -0.1) is 0 Å². The molecule has 7 heteroatoms. The van der Waals surface area contributed by atoms with E-state index in [0.717, 1.165) is 13.1 Å². The Morgan fingerprint density at radius 3 is 2.68 bits per heavy atom. The molecule has 134 valence electrons. The molecular formula is C18H22F2N4O. The minimum absolute atomic E-state index is 0.0606. The number of benzene rings is 1. The highest BCUT2D eigenvalue weighted by Crippen LogP contribution is 2.39. The van der Waals surface area contributed by atoms with Crippen molar-refractivity contribution < 1.29 is 8.78 Å². The number of hydrogen-bond acceptors (Lipinski definition) is 4. The summed E-state index contributed by atoms with van der Waals surface area (Å²) in [6.45, 7) is 5.71. The summed E-state index contributed by atoms with van der Waals surface area (Å²) >= 11 is 0. The lowest BCUT2D eigenvalue weighted by Gasteiger charge is -2.48. The predicted octanol–water partition coefficient (Wildman–Crippen LogP) is 2.06. The van der Waals surface area contributed by atoms with Crippen molar-refractivity contribution in [2.45, 2.75) is 25.9 Å². The van der Waals surface area contributed by atoms with Gasteiger partial charge in [0.2, 0.25) is 0 Å². The minimum atomic E-state index is -0.665. The number of hydrogen-bond donors (Lipinski definition) is 1. The fraction of sp³-hybridized carbons (Fsp3) is 0.500. The summed E-state index contributed by atoms with van der Waals surface area (Å²) < 4.78 is 30.4. The molecule has 0 saturated carbocycles. The molecule has 0 spiro atoms. The third-order valence-corrected chi connectivity index (χ3v) is 5.72. The van der Waals surface area contributed by atoms with E-state index in [2.05, 4.69) is 29.1 Å². The number of halogens is 2. The molecule has 1 aromatic carbocycles. The first-order valence-corrected chi connectivity index (χ1v) is 8.53. The fourth-order valence-corrected chi connectivity index (χ4v) is 4.03. The molecule has 2 unspecified atom stereocenters. The number of fused-ring (bicyclic) bond motifs is 5. The summed E-state index contributed by atoms with van der Waals surface area (Å²) in [6, 6.07) is 1.82. The molecule has 25 heavy (non-hydrogen) atoms. The second-order valence-corrected chi connectivity index (χ2v) is 7.26. The van der Waals surface area contributed by atoms with Crippen LogP contribution in [0.3, 0.4) is 0 Å². The molecule has 2 aliphatic heterocycles. The third-order valence-electron chi connectivity index (χ3n) is 5.72. The Kier molecular flexibility index (Phi) is 3.54. The molecule has 5 nitrogen and oxygen atoms in total. The maximum Gasteiger partial charge on any atom is 0.276 e. The fourth-order valence-electron chi connectivity index (χ4n) is 4.03. The summed E-state index contributed by atoms with van der Waals surface area (Å²) in [6.07, 6.45) is 0. The van der Waals surface area contributed by atoms with Crippen molar-refractivity contribution >= 4 is 22.3 Å². The standard InChI is InChI=1S/C18H22F2N4O/c1-9-7-24-11(8-22(9)3)6-21-15-17(24)12-5-13(19)10(2)14(20)16(12)23(4)18(15)25/h5,9,11,21H,6-8H2,1-4H3. The summed E-state index contributed by atoms with van der Waals surface area (Å²) in [5.74, 6) is -1.25. The molecule has 4 rings (SSSR count). The number of pyridine rings is 1. The molecule has 2 aliphatic rings. The maximum absolute atomic E-state index is 14.8. The largest absolute Gasteiger partial charge is 0.377 e. The van der Waals surface area contributed by atoms with Gasteiger partial charge in [-0.25, -0.2) is 8.78 Å². The topological polar surface area (TPSA) is 40.5 Å². The Bertz CT molecular complexity index is 939. The van der Waals surface area contributed by atoms with E-state index in [4.69, 9.17) is 0 Å². The van der Waals surface area contributed by atoms with Crippen LogP contribution < -0.4 is 15.8 Å². The monoisotopic (exact) mass is 348 g/mol. The number of nitrogens with one attached hydrogen (secondary N) is 1. The first-order valence-electron chi connectivity index (χ1n) is 8.53. The summed E-state index contributed by atoms with van der Waals surface area (Å²) in [7, 11) is 3.61. The smallest absolute Gasteiger partial charge is 0.276 e. The number of anilines is 2. The molecular weight excluding hydrogens is 326 g/mol. The van der Waals surface area contributed by atoms with Gasteiger partial charge >= 0.3 is 0 Å². The Labute approximate surface area is 144 Å². The van der Waals surface area contributed by atoms with Gasteiger partial charge < -0.3 is 14.8 Å². The highest BCUT2D eigenvalue weighted by molar-refractivity contribution is 6.00. The minimum Gasteiger partial charge on any atom is -0.377 e. The van der Waals surface area contributed by atoms with Gasteiger partial charge in [-0.2, -0.15) is 0 Å². The Hall–Kier alpha value is -2.15. The van der Waals surface area contributed by atoms with Crippen LogP contribution in [-0.4, -0.2) is 48.2 Å². The van der Waals surface area contributed by atoms with E-state index < -0.39 is 11.6 Å². The lowest BCUT2D eigenvalue weighted by molar-refractivity contribution is 0.202. The van der Waals surface area contributed by atoms with Gasteiger partial charge in [0.15, 0.2) is 5.82 Å². The molecule has 0 radical (unpaired) electrons. The Morgan fingerprint density at radius 1 is 1.24 bits per heavy atom. The average molecular weight is 348 g/mol. The lowest BCUT2D eigenvalue weighted by Crippen LogP contribution is -2.60.